The molecule has 0 bridgehead atoms. The number of ether oxygens (including phenoxy) is 1. The van der Waals surface area contributed by atoms with E-state index >= 15 is 0 Å². The maximum absolute atomic E-state index is 13.6. The largest absolute Gasteiger partial charge is 0.379 e. The van der Waals surface area contributed by atoms with Crippen LogP contribution >= 0.6 is 0 Å². The highest BCUT2D eigenvalue weighted by Crippen LogP contribution is 2.07. The van der Waals surface area contributed by atoms with E-state index in [0.29, 0.717) is 24.3 Å². The minimum atomic E-state index is -0.301. The number of amides is 1. The van der Waals surface area contributed by atoms with Gasteiger partial charge in [0.15, 0.2) is 0 Å². The number of carbonyl (C=O) groups is 1. The normalized spacial score (nSPS) is 14.7. The third kappa shape index (κ3) is 5.97. The average molecular weight is 373 g/mol. The zero-order valence-corrected chi connectivity index (χ0v) is 15.2. The van der Waals surface area contributed by atoms with Crippen LogP contribution in [0.3, 0.4) is 0 Å². The number of morpholine rings is 1. The van der Waals surface area contributed by atoms with Gasteiger partial charge in [0, 0.05) is 38.8 Å². The lowest BCUT2D eigenvalue weighted by atomic mass is 10.1. The Labute approximate surface area is 158 Å². The number of aromatic nitrogens is 2. The highest BCUT2D eigenvalue weighted by atomic mass is 19.1. The minimum absolute atomic E-state index is 0.263. The topological polar surface area (TPSA) is 79.4 Å². The first-order chi connectivity index (χ1) is 13.2. The predicted molar refractivity (Wildman–Crippen MR) is 100 cm³/mol. The lowest BCUT2D eigenvalue weighted by Crippen LogP contribution is -2.39. The van der Waals surface area contributed by atoms with E-state index in [9.17, 15) is 9.18 Å². The molecular weight excluding hydrogens is 349 g/mol. The van der Waals surface area contributed by atoms with Crippen LogP contribution in [0.25, 0.3) is 0 Å². The van der Waals surface area contributed by atoms with Gasteiger partial charge in [-0.3, -0.25) is 9.69 Å². The van der Waals surface area contributed by atoms with Crippen molar-refractivity contribution in [1.29, 1.82) is 0 Å². The number of benzene rings is 1. The molecule has 0 unspecified atom stereocenters. The number of nitrogens with zero attached hydrogens (tertiary/aromatic N) is 3. The molecule has 144 valence electrons. The van der Waals surface area contributed by atoms with Crippen molar-refractivity contribution in [3.05, 3.63) is 53.7 Å². The molecule has 1 aliphatic heterocycles. The third-order valence-corrected chi connectivity index (χ3v) is 4.38. The monoisotopic (exact) mass is 373 g/mol. The summed E-state index contributed by atoms with van der Waals surface area (Å²) in [5.74, 6) is 0.0445. The van der Waals surface area contributed by atoms with Crippen LogP contribution in [0.4, 0.5) is 10.2 Å². The highest BCUT2D eigenvalue weighted by molar-refractivity contribution is 5.92. The smallest absolute Gasteiger partial charge is 0.270 e. The molecule has 2 heterocycles. The van der Waals surface area contributed by atoms with E-state index < -0.39 is 0 Å². The first-order valence-electron chi connectivity index (χ1n) is 9.10. The van der Waals surface area contributed by atoms with E-state index in [0.717, 1.165) is 39.4 Å². The van der Waals surface area contributed by atoms with Gasteiger partial charge in [0.25, 0.3) is 5.91 Å². The summed E-state index contributed by atoms with van der Waals surface area (Å²) in [6, 6.07) is 8.17. The molecule has 0 aliphatic carbocycles. The minimum Gasteiger partial charge on any atom is -0.379 e. The van der Waals surface area contributed by atoms with Gasteiger partial charge in [-0.25, -0.2) is 14.4 Å². The van der Waals surface area contributed by atoms with Gasteiger partial charge in [-0.1, -0.05) is 18.2 Å². The predicted octanol–water partition coefficient (Wildman–Crippen LogP) is 1.33. The summed E-state index contributed by atoms with van der Waals surface area (Å²) in [4.78, 5) is 22.7. The maximum Gasteiger partial charge on any atom is 0.270 e. The fourth-order valence-corrected chi connectivity index (χ4v) is 2.85. The lowest BCUT2D eigenvalue weighted by Gasteiger charge is -2.26. The molecule has 0 radical (unpaired) electrons. The Hall–Kier alpha value is -2.58. The van der Waals surface area contributed by atoms with Crippen LogP contribution in [0.15, 0.2) is 36.7 Å². The molecule has 1 saturated heterocycles. The fourth-order valence-electron chi connectivity index (χ4n) is 2.85. The second-order valence-electron chi connectivity index (χ2n) is 6.27. The fraction of sp³-hybridized carbons (Fsp3) is 0.421. The molecule has 2 aromatic rings. The number of nitrogens with one attached hydrogen (secondary N) is 2. The molecule has 0 atom stereocenters. The number of hydrogen-bond acceptors (Lipinski definition) is 6. The van der Waals surface area contributed by atoms with Crippen molar-refractivity contribution < 1.29 is 13.9 Å². The standard InChI is InChI=1S/C19H24FN5O2/c20-16-4-2-1-3-15(16)5-6-22-19(26)17-13-18(24-14-23-17)21-7-8-25-9-11-27-12-10-25/h1-4,13-14H,5-12H2,(H,22,26)(H,21,23,24). The van der Waals surface area contributed by atoms with E-state index in [1.54, 1.807) is 24.3 Å². The summed E-state index contributed by atoms with van der Waals surface area (Å²) in [6.45, 7) is 5.35. The van der Waals surface area contributed by atoms with Crippen LogP contribution in [0.1, 0.15) is 16.1 Å². The molecule has 8 heteroatoms. The maximum atomic E-state index is 13.6. The number of hydrogen-bond donors (Lipinski definition) is 2. The van der Waals surface area contributed by atoms with Gasteiger partial charge in [0.05, 0.1) is 13.2 Å². The summed E-state index contributed by atoms with van der Waals surface area (Å²) in [6.07, 6.45) is 1.79. The van der Waals surface area contributed by atoms with E-state index in [4.69, 9.17) is 4.74 Å². The zero-order chi connectivity index (χ0) is 18.9. The molecule has 27 heavy (non-hydrogen) atoms. The Morgan fingerprint density at radius 2 is 2.00 bits per heavy atom. The van der Waals surface area contributed by atoms with Gasteiger partial charge >= 0.3 is 0 Å². The van der Waals surface area contributed by atoms with Crippen LogP contribution in [-0.4, -0.2) is 66.7 Å². The van der Waals surface area contributed by atoms with Gasteiger partial charge < -0.3 is 15.4 Å². The first kappa shape index (κ1) is 19.2. The molecule has 1 aliphatic rings. The van der Waals surface area contributed by atoms with Crippen molar-refractivity contribution in [2.24, 2.45) is 0 Å². The Morgan fingerprint density at radius 3 is 2.81 bits per heavy atom. The van der Waals surface area contributed by atoms with Crippen LogP contribution in [0.2, 0.25) is 0 Å². The van der Waals surface area contributed by atoms with Crippen molar-refractivity contribution in [2.45, 2.75) is 6.42 Å². The summed E-state index contributed by atoms with van der Waals surface area (Å²) in [5.41, 5.74) is 0.860. The van der Waals surface area contributed by atoms with Gasteiger partial charge in [0.2, 0.25) is 0 Å². The molecule has 3 rings (SSSR count). The molecular formula is C19H24FN5O2. The highest BCUT2D eigenvalue weighted by Gasteiger charge is 2.11. The summed E-state index contributed by atoms with van der Waals surface area (Å²) < 4.78 is 18.9. The molecule has 1 aromatic heterocycles. The Kier molecular flexibility index (Phi) is 7.06. The van der Waals surface area contributed by atoms with E-state index in [1.165, 1.54) is 12.4 Å². The van der Waals surface area contributed by atoms with Crippen LogP contribution in [-0.2, 0) is 11.2 Å². The van der Waals surface area contributed by atoms with E-state index in [2.05, 4.69) is 25.5 Å². The molecule has 7 nitrogen and oxygen atoms in total. The number of rotatable bonds is 8. The summed E-state index contributed by atoms with van der Waals surface area (Å²) >= 11 is 0. The molecule has 2 N–H and O–H groups in total. The molecule has 0 spiro atoms. The molecule has 1 aromatic carbocycles. The number of halogens is 1. The van der Waals surface area contributed by atoms with Crippen LogP contribution in [0.5, 0.6) is 0 Å². The van der Waals surface area contributed by atoms with Gasteiger partial charge in [-0.2, -0.15) is 0 Å². The van der Waals surface area contributed by atoms with Gasteiger partial charge in [0.1, 0.15) is 23.7 Å². The van der Waals surface area contributed by atoms with Crippen molar-refractivity contribution in [1.82, 2.24) is 20.2 Å². The SMILES string of the molecule is O=C(NCCc1ccccc1F)c1cc(NCCN2CCOCC2)ncn1. The summed E-state index contributed by atoms with van der Waals surface area (Å²) in [7, 11) is 0. The van der Waals surface area contributed by atoms with E-state index in [-0.39, 0.29) is 17.4 Å². The summed E-state index contributed by atoms with van der Waals surface area (Å²) in [5, 5.41) is 5.98. The van der Waals surface area contributed by atoms with Gasteiger partial charge in [-0.05, 0) is 18.1 Å². The quantitative estimate of drug-likeness (QED) is 0.727. The number of anilines is 1. The third-order valence-electron chi connectivity index (χ3n) is 4.38. The lowest BCUT2D eigenvalue weighted by molar-refractivity contribution is 0.0398. The second kappa shape index (κ2) is 9.94. The molecule has 1 fully saturated rings. The Balaban J connectivity index is 1.44. The zero-order valence-electron chi connectivity index (χ0n) is 15.2. The van der Waals surface area contributed by atoms with Gasteiger partial charge in [-0.15, -0.1) is 0 Å². The molecule has 0 saturated carbocycles. The Bertz CT molecular complexity index is 752. The Morgan fingerprint density at radius 1 is 1.19 bits per heavy atom. The van der Waals surface area contributed by atoms with E-state index in [1.807, 2.05) is 0 Å². The first-order valence-corrected chi connectivity index (χ1v) is 9.10. The van der Waals surface area contributed by atoms with Crippen molar-refractivity contribution in [3.63, 3.8) is 0 Å². The number of carbonyl (C=O) groups excluding carboxylic acids is 1. The molecule has 1 amide bonds. The second-order valence-corrected chi connectivity index (χ2v) is 6.27. The average Bonchev–Trinajstić information content (AvgIpc) is 2.70. The van der Waals surface area contributed by atoms with Crippen molar-refractivity contribution >= 4 is 11.7 Å². The van der Waals surface area contributed by atoms with Crippen LogP contribution < -0.4 is 10.6 Å². The van der Waals surface area contributed by atoms with Crippen molar-refractivity contribution in [2.75, 3.05) is 51.3 Å². The van der Waals surface area contributed by atoms with Crippen LogP contribution in [0, 0.1) is 5.82 Å². The van der Waals surface area contributed by atoms with Crippen molar-refractivity contribution in [3.8, 4) is 0 Å².